The Hall–Kier alpha value is -2.83. The first-order valence-corrected chi connectivity index (χ1v) is 8.89. The lowest BCUT2D eigenvalue weighted by Gasteiger charge is -2.35. The van der Waals surface area contributed by atoms with E-state index in [1.807, 2.05) is 6.08 Å². The number of hydrazine groups is 1. The van der Waals surface area contributed by atoms with E-state index in [1.54, 1.807) is 24.3 Å². The van der Waals surface area contributed by atoms with E-state index in [1.165, 1.54) is 18.3 Å². The molecule has 0 saturated carbocycles. The van der Waals surface area contributed by atoms with Gasteiger partial charge in [-0.05, 0) is 54.0 Å². The van der Waals surface area contributed by atoms with Crippen molar-refractivity contribution in [3.05, 3.63) is 90.2 Å². The largest absolute Gasteiger partial charge is 0.405 e. The van der Waals surface area contributed by atoms with Crippen LogP contribution >= 0.6 is 0 Å². The Kier molecular flexibility index (Phi) is 7.40. The van der Waals surface area contributed by atoms with E-state index in [4.69, 9.17) is 17.3 Å². The van der Waals surface area contributed by atoms with Gasteiger partial charge in [-0.2, -0.15) is 0 Å². The molecule has 0 spiro atoms. The number of rotatable bonds is 7. The normalized spacial score (nSPS) is 17.0. The van der Waals surface area contributed by atoms with Gasteiger partial charge in [0.1, 0.15) is 11.6 Å². The highest BCUT2D eigenvalue weighted by Crippen LogP contribution is 2.32. The fraction of sp³-hybridized carbons (Fsp3) is 0.238. The molecule has 1 aliphatic rings. The predicted octanol–water partition coefficient (Wildman–Crippen LogP) is 2.52. The molecule has 1 saturated heterocycles. The van der Waals surface area contributed by atoms with Crippen molar-refractivity contribution in [1.29, 1.82) is 0 Å². The molecule has 0 aliphatic carbocycles. The minimum atomic E-state index is -0.303. The Morgan fingerprint density at radius 2 is 1.85 bits per heavy atom. The molecule has 2 rings (SSSR count). The van der Waals surface area contributed by atoms with E-state index in [2.05, 4.69) is 23.5 Å². The minimum Gasteiger partial charge on any atom is -0.405 e. The number of nitrogens with zero attached hydrogens (tertiary/aromatic N) is 1. The SMILES string of the molecule is C=C/C=C(\C=C/N)C(/C(=C)c1ccc(F)cc1)=C(/NN)N1CCC(N)CC1. The van der Waals surface area contributed by atoms with E-state index < -0.39 is 0 Å². The zero-order chi connectivity index (χ0) is 19.8. The van der Waals surface area contributed by atoms with Crippen molar-refractivity contribution in [2.24, 2.45) is 17.3 Å². The van der Waals surface area contributed by atoms with E-state index in [-0.39, 0.29) is 11.9 Å². The van der Waals surface area contributed by atoms with Crippen LogP contribution in [0.2, 0.25) is 0 Å². The Morgan fingerprint density at radius 1 is 1.22 bits per heavy atom. The second-order valence-corrected chi connectivity index (χ2v) is 6.39. The Bertz CT molecular complexity index is 753. The summed E-state index contributed by atoms with van der Waals surface area (Å²) in [5.74, 6) is 6.34. The highest BCUT2D eigenvalue weighted by molar-refractivity contribution is 5.84. The van der Waals surface area contributed by atoms with Gasteiger partial charge in [0.15, 0.2) is 0 Å². The first kappa shape index (κ1) is 20.5. The monoisotopic (exact) mass is 369 g/mol. The maximum atomic E-state index is 13.4. The van der Waals surface area contributed by atoms with E-state index in [9.17, 15) is 4.39 Å². The van der Waals surface area contributed by atoms with Gasteiger partial charge in [-0.25, -0.2) is 10.2 Å². The summed E-state index contributed by atoms with van der Waals surface area (Å²) in [6.45, 7) is 9.57. The summed E-state index contributed by atoms with van der Waals surface area (Å²) < 4.78 is 13.4. The third-order valence-electron chi connectivity index (χ3n) is 4.59. The van der Waals surface area contributed by atoms with Gasteiger partial charge < -0.3 is 21.8 Å². The third-order valence-corrected chi connectivity index (χ3v) is 4.59. The van der Waals surface area contributed by atoms with Crippen LogP contribution in [-0.2, 0) is 0 Å². The number of nitrogens with one attached hydrogen (secondary N) is 1. The summed E-state index contributed by atoms with van der Waals surface area (Å²) in [6, 6.07) is 6.38. The quantitative estimate of drug-likeness (QED) is 0.337. The zero-order valence-electron chi connectivity index (χ0n) is 15.5. The number of benzene rings is 1. The highest BCUT2D eigenvalue weighted by Gasteiger charge is 2.23. The molecule has 0 unspecified atom stereocenters. The first-order chi connectivity index (χ1) is 13.0. The topological polar surface area (TPSA) is 93.3 Å². The molecular formula is C21H28FN5. The van der Waals surface area contributed by atoms with Crippen molar-refractivity contribution in [1.82, 2.24) is 10.3 Å². The molecule has 0 amide bonds. The van der Waals surface area contributed by atoms with Crippen molar-refractivity contribution < 1.29 is 4.39 Å². The summed E-state index contributed by atoms with van der Waals surface area (Å²) in [5.41, 5.74) is 17.6. The average molecular weight is 369 g/mol. The molecule has 1 fully saturated rings. The number of hydrogen-bond donors (Lipinski definition) is 4. The van der Waals surface area contributed by atoms with Gasteiger partial charge in [0.2, 0.25) is 0 Å². The van der Waals surface area contributed by atoms with Gasteiger partial charge in [-0.3, -0.25) is 0 Å². The van der Waals surface area contributed by atoms with Crippen molar-refractivity contribution in [2.75, 3.05) is 13.1 Å². The van der Waals surface area contributed by atoms with Crippen molar-refractivity contribution >= 4 is 5.57 Å². The predicted molar refractivity (Wildman–Crippen MR) is 110 cm³/mol. The van der Waals surface area contributed by atoms with Gasteiger partial charge in [0.05, 0.1) is 0 Å². The molecule has 6 heteroatoms. The molecule has 1 aromatic carbocycles. The second-order valence-electron chi connectivity index (χ2n) is 6.39. The molecule has 0 aromatic heterocycles. The van der Waals surface area contributed by atoms with Crippen LogP contribution in [0.3, 0.4) is 0 Å². The summed E-state index contributed by atoms with van der Waals surface area (Å²) in [5, 5.41) is 0. The van der Waals surface area contributed by atoms with Crippen LogP contribution in [-0.4, -0.2) is 24.0 Å². The average Bonchev–Trinajstić information content (AvgIpc) is 2.67. The van der Waals surface area contributed by atoms with Gasteiger partial charge in [-0.1, -0.05) is 37.4 Å². The van der Waals surface area contributed by atoms with Crippen LogP contribution in [0.1, 0.15) is 18.4 Å². The summed E-state index contributed by atoms with van der Waals surface area (Å²) in [6.07, 6.45) is 8.46. The lowest BCUT2D eigenvalue weighted by Crippen LogP contribution is -2.44. The van der Waals surface area contributed by atoms with Gasteiger partial charge in [-0.15, -0.1) is 0 Å². The molecule has 7 N–H and O–H groups in total. The molecule has 27 heavy (non-hydrogen) atoms. The van der Waals surface area contributed by atoms with Gasteiger partial charge in [0, 0.05) is 24.7 Å². The van der Waals surface area contributed by atoms with Crippen LogP contribution < -0.4 is 22.7 Å². The molecular weight excluding hydrogens is 341 g/mol. The molecule has 0 bridgehead atoms. The first-order valence-electron chi connectivity index (χ1n) is 8.89. The van der Waals surface area contributed by atoms with E-state index in [0.717, 1.165) is 48.5 Å². The Labute approximate surface area is 160 Å². The van der Waals surface area contributed by atoms with Crippen LogP contribution in [0.4, 0.5) is 4.39 Å². The number of allylic oxidation sites excluding steroid dienone is 6. The van der Waals surface area contributed by atoms with Crippen molar-refractivity contribution in [3.8, 4) is 0 Å². The fourth-order valence-electron chi connectivity index (χ4n) is 3.15. The van der Waals surface area contributed by atoms with Gasteiger partial charge in [0.25, 0.3) is 0 Å². The van der Waals surface area contributed by atoms with Crippen LogP contribution in [0.15, 0.2) is 78.8 Å². The molecule has 144 valence electrons. The number of nitrogens with two attached hydrogens (primary N) is 3. The smallest absolute Gasteiger partial charge is 0.124 e. The third kappa shape index (κ3) is 5.09. The highest BCUT2D eigenvalue weighted by atomic mass is 19.1. The molecule has 0 radical (unpaired) electrons. The molecule has 5 nitrogen and oxygen atoms in total. The van der Waals surface area contributed by atoms with Crippen LogP contribution in [0, 0.1) is 5.82 Å². The van der Waals surface area contributed by atoms with Crippen LogP contribution in [0.5, 0.6) is 0 Å². The summed E-state index contributed by atoms with van der Waals surface area (Å²) in [7, 11) is 0. The molecule has 1 heterocycles. The van der Waals surface area contributed by atoms with Gasteiger partial charge >= 0.3 is 0 Å². The molecule has 0 atom stereocenters. The van der Waals surface area contributed by atoms with E-state index in [0.29, 0.717) is 5.57 Å². The summed E-state index contributed by atoms with van der Waals surface area (Å²) in [4.78, 5) is 2.15. The fourth-order valence-corrected chi connectivity index (χ4v) is 3.15. The number of likely N-dealkylation sites (tertiary alicyclic amines) is 1. The second kappa shape index (κ2) is 9.75. The van der Waals surface area contributed by atoms with Crippen molar-refractivity contribution in [3.63, 3.8) is 0 Å². The maximum Gasteiger partial charge on any atom is 0.124 e. The lowest BCUT2D eigenvalue weighted by molar-refractivity contribution is 0.248. The summed E-state index contributed by atoms with van der Waals surface area (Å²) >= 11 is 0. The molecule has 1 aromatic rings. The number of hydrogen-bond acceptors (Lipinski definition) is 5. The maximum absolute atomic E-state index is 13.4. The van der Waals surface area contributed by atoms with Crippen molar-refractivity contribution in [2.45, 2.75) is 18.9 Å². The lowest BCUT2D eigenvalue weighted by atomic mass is 9.91. The van der Waals surface area contributed by atoms with E-state index >= 15 is 0 Å². The zero-order valence-corrected chi connectivity index (χ0v) is 15.5. The standard InChI is InChI=1S/C21H28FN5/c1-3-4-17(9-12-23)20(15(2)16-5-7-18(22)8-6-16)21(26-25)27-13-10-19(24)11-14-27/h3-9,12,19,26H,1-2,10-11,13-14,23-25H2/b12-9-,17-4+,21-20-. The minimum absolute atomic E-state index is 0.191. The Morgan fingerprint density at radius 3 is 2.37 bits per heavy atom. The number of piperidine rings is 1. The van der Waals surface area contributed by atoms with Crippen LogP contribution in [0.25, 0.3) is 5.57 Å². The molecule has 1 aliphatic heterocycles. The number of halogens is 1. The Balaban J connectivity index is 2.59.